The van der Waals surface area contributed by atoms with Crippen molar-refractivity contribution in [2.45, 2.75) is 31.5 Å². The van der Waals surface area contributed by atoms with Crippen molar-refractivity contribution in [2.75, 3.05) is 26.9 Å². The number of aromatic nitrogens is 4. The normalized spacial score (nSPS) is 14.4. The van der Waals surface area contributed by atoms with Crippen molar-refractivity contribution in [3.05, 3.63) is 88.7 Å². The molecule has 0 radical (unpaired) electrons. The van der Waals surface area contributed by atoms with E-state index in [9.17, 15) is 18.0 Å². The third-order valence-electron chi connectivity index (χ3n) is 6.46. The molecule has 0 N–H and O–H groups in total. The van der Waals surface area contributed by atoms with Gasteiger partial charge in [-0.3, -0.25) is 14.0 Å². The third-order valence-corrected chi connectivity index (χ3v) is 6.46. The summed E-state index contributed by atoms with van der Waals surface area (Å²) in [5.41, 5.74) is 2.45. The Morgan fingerprint density at radius 3 is 2.38 bits per heavy atom. The van der Waals surface area contributed by atoms with E-state index in [4.69, 9.17) is 19.2 Å². The average Bonchev–Trinajstić information content (AvgIpc) is 3.41. The maximum atomic E-state index is 13.5. The molecule has 0 spiro atoms. The molecule has 1 saturated heterocycles. The minimum atomic E-state index is -4.44. The van der Waals surface area contributed by atoms with Crippen LogP contribution in [-0.2, 0) is 11.3 Å². The van der Waals surface area contributed by atoms with Gasteiger partial charge in [0.25, 0.3) is 5.56 Å². The first-order valence-corrected chi connectivity index (χ1v) is 12.5. The number of hydrogen-bond donors (Lipinski definition) is 0. The molecular weight excluding hydrogens is 513 g/mol. The highest BCUT2D eigenvalue weighted by Crippen LogP contribution is 2.29. The van der Waals surface area contributed by atoms with E-state index in [1.165, 1.54) is 22.8 Å². The molecule has 5 rings (SSSR count). The second kappa shape index (κ2) is 11.3. The van der Waals surface area contributed by atoms with Crippen LogP contribution < -0.4 is 15.0 Å². The minimum absolute atomic E-state index is 0.0260. The maximum Gasteiger partial charge on any atom is 0.422 e. The predicted molar refractivity (Wildman–Crippen MR) is 137 cm³/mol. The minimum Gasteiger partial charge on any atom is -0.497 e. The van der Waals surface area contributed by atoms with Crippen LogP contribution in [-0.4, -0.2) is 52.4 Å². The number of nitrogens with zero attached hydrogens (tertiary/aromatic N) is 4. The largest absolute Gasteiger partial charge is 0.497 e. The lowest BCUT2D eigenvalue weighted by Gasteiger charge is -2.25. The summed E-state index contributed by atoms with van der Waals surface area (Å²) >= 11 is 0. The summed E-state index contributed by atoms with van der Waals surface area (Å²) in [6, 6.07) is 15.1. The molecule has 0 bridgehead atoms. The fraction of sp³-hybridized carbons (Fsp3) is 0.321. The van der Waals surface area contributed by atoms with E-state index >= 15 is 0 Å². The van der Waals surface area contributed by atoms with E-state index in [0.717, 1.165) is 11.3 Å². The molecule has 0 atom stereocenters. The quantitative estimate of drug-likeness (QED) is 0.313. The van der Waals surface area contributed by atoms with Gasteiger partial charge >= 0.3 is 6.18 Å². The van der Waals surface area contributed by atoms with Gasteiger partial charge in [0, 0.05) is 37.0 Å². The average molecular weight is 541 g/mol. The molecule has 11 heteroatoms. The lowest BCUT2D eigenvalue weighted by molar-refractivity contribution is -0.153. The molecule has 1 aliphatic rings. The van der Waals surface area contributed by atoms with Crippen LogP contribution in [0.4, 0.5) is 13.2 Å². The number of ether oxygens (including phenoxy) is 3. The molecule has 1 aliphatic heterocycles. The highest BCUT2D eigenvalue weighted by molar-refractivity contribution is 5.57. The van der Waals surface area contributed by atoms with E-state index in [2.05, 4.69) is 5.10 Å². The van der Waals surface area contributed by atoms with Gasteiger partial charge in [-0.05, 0) is 54.8 Å². The highest BCUT2D eigenvalue weighted by atomic mass is 19.4. The molecule has 0 unspecified atom stereocenters. The Hall–Kier alpha value is -4.12. The van der Waals surface area contributed by atoms with Crippen molar-refractivity contribution in [3.63, 3.8) is 0 Å². The smallest absolute Gasteiger partial charge is 0.422 e. The Morgan fingerprint density at radius 2 is 1.72 bits per heavy atom. The second-order valence-corrected chi connectivity index (χ2v) is 9.23. The molecule has 2 aromatic carbocycles. The molecule has 0 aliphatic carbocycles. The molecular formula is C28H27F3N4O4. The van der Waals surface area contributed by atoms with Gasteiger partial charge in [-0.15, -0.1) is 0 Å². The van der Waals surface area contributed by atoms with Crippen molar-refractivity contribution in [1.29, 1.82) is 0 Å². The Bertz CT molecular complexity index is 1460. The third kappa shape index (κ3) is 6.48. The maximum absolute atomic E-state index is 13.5. The summed E-state index contributed by atoms with van der Waals surface area (Å²) in [5, 5.41) is 4.45. The van der Waals surface area contributed by atoms with Crippen molar-refractivity contribution in [2.24, 2.45) is 0 Å². The highest BCUT2D eigenvalue weighted by Gasteiger charge is 2.28. The zero-order valence-corrected chi connectivity index (χ0v) is 21.2. The first-order chi connectivity index (χ1) is 18.8. The van der Waals surface area contributed by atoms with Crippen LogP contribution in [0.3, 0.4) is 0 Å². The SMILES string of the molecule is COc1ccc(Cn2cc(-c3cc(=O)n(-c4ccc(OCC(F)(F)F)cc4)c(C4CCOCC4)n3)cn2)cc1. The van der Waals surface area contributed by atoms with Gasteiger partial charge in [-0.2, -0.15) is 18.3 Å². The molecule has 1 fully saturated rings. The Balaban J connectivity index is 1.45. The van der Waals surface area contributed by atoms with E-state index < -0.39 is 12.8 Å². The fourth-order valence-electron chi connectivity index (χ4n) is 4.49. The molecule has 0 amide bonds. The van der Waals surface area contributed by atoms with Gasteiger partial charge in [-0.1, -0.05) is 12.1 Å². The number of benzene rings is 2. The molecule has 8 nitrogen and oxygen atoms in total. The van der Waals surface area contributed by atoms with Gasteiger partial charge in [0.1, 0.15) is 17.3 Å². The molecule has 3 heterocycles. The molecule has 204 valence electrons. The van der Waals surface area contributed by atoms with Crippen molar-refractivity contribution in [1.82, 2.24) is 19.3 Å². The van der Waals surface area contributed by atoms with Gasteiger partial charge in [0.05, 0.1) is 31.2 Å². The van der Waals surface area contributed by atoms with Crippen molar-refractivity contribution < 1.29 is 27.4 Å². The number of alkyl halides is 3. The van der Waals surface area contributed by atoms with Crippen LogP contribution in [0.1, 0.15) is 30.1 Å². The standard InChI is InChI=1S/C28H27F3N4O4/c1-37-23-6-2-19(3-7-23)16-34-17-21(15-32-34)25-14-26(36)35(27(33-25)20-10-12-38-13-11-20)22-4-8-24(9-5-22)39-18-28(29,30)31/h2-9,14-15,17,20H,10-13,16,18H2,1H3. The summed E-state index contributed by atoms with van der Waals surface area (Å²) in [6.07, 6.45) is 0.472. The van der Waals surface area contributed by atoms with E-state index in [-0.39, 0.29) is 17.2 Å². The van der Waals surface area contributed by atoms with Crippen molar-refractivity contribution in [3.8, 4) is 28.4 Å². The van der Waals surface area contributed by atoms with Gasteiger partial charge in [0.2, 0.25) is 0 Å². The topological polar surface area (TPSA) is 80.4 Å². The van der Waals surface area contributed by atoms with E-state index in [1.54, 1.807) is 30.1 Å². The predicted octanol–water partition coefficient (Wildman–Crippen LogP) is 4.99. The first kappa shape index (κ1) is 26.5. The Morgan fingerprint density at radius 1 is 1.03 bits per heavy atom. The monoisotopic (exact) mass is 540 g/mol. The van der Waals surface area contributed by atoms with Crippen LogP contribution in [0, 0.1) is 0 Å². The van der Waals surface area contributed by atoms with Crippen molar-refractivity contribution >= 4 is 0 Å². The van der Waals surface area contributed by atoms with Gasteiger partial charge in [0.15, 0.2) is 6.61 Å². The van der Waals surface area contributed by atoms with Gasteiger partial charge < -0.3 is 14.2 Å². The van der Waals surface area contributed by atoms with E-state index in [0.29, 0.717) is 55.4 Å². The summed E-state index contributed by atoms with van der Waals surface area (Å²) in [6.45, 7) is 0.252. The molecule has 2 aromatic heterocycles. The Labute approximate surface area is 222 Å². The molecule has 39 heavy (non-hydrogen) atoms. The van der Waals surface area contributed by atoms with Crippen LogP contribution in [0.15, 0.2) is 71.8 Å². The Kier molecular flexibility index (Phi) is 7.69. The zero-order valence-electron chi connectivity index (χ0n) is 21.2. The number of rotatable bonds is 8. The number of methoxy groups -OCH3 is 1. The lowest BCUT2D eigenvalue weighted by Crippen LogP contribution is -2.27. The number of hydrogen-bond acceptors (Lipinski definition) is 6. The lowest BCUT2D eigenvalue weighted by atomic mass is 9.98. The van der Waals surface area contributed by atoms with Crippen LogP contribution in [0.2, 0.25) is 0 Å². The van der Waals surface area contributed by atoms with Gasteiger partial charge in [-0.25, -0.2) is 4.98 Å². The second-order valence-electron chi connectivity index (χ2n) is 9.23. The first-order valence-electron chi connectivity index (χ1n) is 12.5. The summed E-state index contributed by atoms with van der Waals surface area (Å²) in [5.74, 6) is 1.38. The zero-order chi connectivity index (χ0) is 27.4. The summed E-state index contributed by atoms with van der Waals surface area (Å²) < 4.78 is 56.4. The summed E-state index contributed by atoms with van der Waals surface area (Å²) in [4.78, 5) is 18.3. The van der Waals surface area contributed by atoms with Crippen LogP contribution >= 0.6 is 0 Å². The fourth-order valence-corrected chi connectivity index (χ4v) is 4.49. The van der Waals surface area contributed by atoms with Crippen LogP contribution in [0.25, 0.3) is 16.9 Å². The van der Waals surface area contributed by atoms with Crippen LogP contribution in [0.5, 0.6) is 11.5 Å². The molecule has 4 aromatic rings. The molecule has 0 saturated carbocycles. The number of halogens is 3. The summed E-state index contributed by atoms with van der Waals surface area (Å²) in [7, 11) is 1.62. The van der Waals surface area contributed by atoms with E-state index in [1.807, 2.05) is 30.5 Å².